The van der Waals surface area contributed by atoms with Crippen LogP contribution >= 0.6 is 0 Å². The SMILES string of the molecule is C=C[C@H]1CC(=O)N(C(=O)OC(C)(C)C)[C@H](C(=O)OC(C)(C)C)C1. The lowest BCUT2D eigenvalue weighted by Gasteiger charge is -2.37. The summed E-state index contributed by atoms with van der Waals surface area (Å²) >= 11 is 0. The van der Waals surface area contributed by atoms with Gasteiger partial charge in [0.25, 0.3) is 0 Å². The van der Waals surface area contributed by atoms with E-state index in [9.17, 15) is 14.4 Å². The Kier molecular flexibility index (Phi) is 5.61. The average molecular weight is 325 g/mol. The van der Waals surface area contributed by atoms with Crippen LogP contribution in [0.2, 0.25) is 0 Å². The molecule has 0 aromatic carbocycles. The van der Waals surface area contributed by atoms with Crippen LogP contribution in [0, 0.1) is 5.92 Å². The van der Waals surface area contributed by atoms with E-state index in [2.05, 4.69) is 6.58 Å². The second-order valence-corrected chi connectivity index (χ2v) is 7.73. The van der Waals surface area contributed by atoms with Gasteiger partial charge in [0.15, 0.2) is 0 Å². The van der Waals surface area contributed by atoms with E-state index in [-0.39, 0.29) is 12.3 Å². The molecule has 1 aliphatic heterocycles. The third-order valence-corrected chi connectivity index (χ3v) is 3.15. The number of likely N-dealkylation sites (tertiary alicyclic amines) is 1. The molecule has 6 nitrogen and oxygen atoms in total. The number of nitrogens with zero attached hydrogens (tertiary/aromatic N) is 1. The quantitative estimate of drug-likeness (QED) is 0.576. The molecule has 23 heavy (non-hydrogen) atoms. The van der Waals surface area contributed by atoms with Gasteiger partial charge >= 0.3 is 12.1 Å². The van der Waals surface area contributed by atoms with Crippen molar-refractivity contribution in [3.63, 3.8) is 0 Å². The highest BCUT2D eigenvalue weighted by Crippen LogP contribution is 2.28. The monoisotopic (exact) mass is 325 g/mol. The van der Waals surface area contributed by atoms with Crippen LogP contribution in [0.3, 0.4) is 0 Å². The van der Waals surface area contributed by atoms with Crippen LogP contribution in [0.15, 0.2) is 12.7 Å². The first-order valence-electron chi connectivity index (χ1n) is 7.74. The Balaban J connectivity index is 3.06. The number of allylic oxidation sites excluding steroid dienone is 1. The summed E-state index contributed by atoms with van der Waals surface area (Å²) in [6.45, 7) is 14.0. The van der Waals surface area contributed by atoms with Gasteiger partial charge in [0.05, 0.1) is 0 Å². The summed E-state index contributed by atoms with van der Waals surface area (Å²) < 4.78 is 10.6. The fraction of sp³-hybridized carbons (Fsp3) is 0.706. The van der Waals surface area contributed by atoms with E-state index >= 15 is 0 Å². The third-order valence-electron chi connectivity index (χ3n) is 3.15. The van der Waals surface area contributed by atoms with Crippen LogP contribution in [0.5, 0.6) is 0 Å². The van der Waals surface area contributed by atoms with Crippen molar-refractivity contribution >= 4 is 18.0 Å². The van der Waals surface area contributed by atoms with Gasteiger partial charge in [-0.25, -0.2) is 14.5 Å². The molecule has 0 aliphatic carbocycles. The molecule has 0 N–H and O–H groups in total. The molecular weight excluding hydrogens is 298 g/mol. The van der Waals surface area contributed by atoms with Gasteiger partial charge in [-0.2, -0.15) is 0 Å². The summed E-state index contributed by atoms with van der Waals surface area (Å²) in [7, 11) is 0. The van der Waals surface area contributed by atoms with Gasteiger partial charge < -0.3 is 9.47 Å². The molecule has 6 heteroatoms. The predicted molar refractivity (Wildman–Crippen MR) is 85.6 cm³/mol. The van der Waals surface area contributed by atoms with Gasteiger partial charge in [0.1, 0.15) is 17.2 Å². The predicted octanol–water partition coefficient (Wildman–Crippen LogP) is 3.06. The molecule has 0 aromatic rings. The molecule has 0 bridgehead atoms. The second-order valence-electron chi connectivity index (χ2n) is 7.73. The molecular formula is C17H27NO5. The molecule has 1 saturated heterocycles. The molecule has 2 atom stereocenters. The molecule has 0 unspecified atom stereocenters. The van der Waals surface area contributed by atoms with Gasteiger partial charge in [-0.15, -0.1) is 6.58 Å². The van der Waals surface area contributed by atoms with Gasteiger partial charge in [0, 0.05) is 6.42 Å². The summed E-state index contributed by atoms with van der Waals surface area (Å²) in [5, 5.41) is 0. The van der Waals surface area contributed by atoms with Crippen LogP contribution < -0.4 is 0 Å². The van der Waals surface area contributed by atoms with Crippen molar-refractivity contribution < 1.29 is 23.9 Å². The summed E-state index contributed by atoms with van der Waals surface area (Å²) in [4.78, 5) is 38.0. The van der Waals surface area contributed by atoms with Crippen molar-refractivity contribution in [1.82, 2.24) is 4.90 Å². The summed E-state index contributed by atoms with van der Waals surface area (Å²) in [5.41, 5.74) is -1.47. The Labute approximate surface area is 137 Å². The summed E-state index contributed by atoms with van der Waals surface area (Å²) in [6.07, 6.45) is 1.23. The van der Waals surface area contributed by atoms with Crippen LogP contribution in [0.4, 0.5) is 4.79 Å². The van der Waals surface area contributed by atoms with Crippen LogP contribution in [-0.2, 0) is 19.1 Å². The van der Waals surface area contributed by atoms with E-state index in [4.69, 9.17) is 9.47 Å². The maximum absolute atomic E-state index is 12.4. The fourth-order valence-electron chi connectivity index (χ4n) is 2.26. The molecule has 0 aromatic heterocycles. The molecule has 1 rings (SSSR count). The van der Waals surface area contributed by atoms with Crippen LogP contribution in [0.25, 0.3) is 0 Å². The van der Waals surface area contributed by atoms with Crippen molar-refractivity contribution in [2.24, 2.45) is 5.92 Å². The number of carbonyl (C=O) groups excluding carboxylic acids is 3. The number of ether oxygens (including phenoxy) is 2. The topological polar surface area (TPSA) is 72.9 Å². The maximum atomic E-state index is 12.4. The van der Waals surface area contributed by atoms with Crippen molar-refractivity contribution in [2.75, 3.05) is 0 Å². The first kappa shape index (κ1) is 19.2. The Hall–Kier alpha value is -1.85. The minimum absolute atomic E-state index is 0.127. The lowest BCUT2D eigenvalue weighted by molar-refractivity contribution is -0.167. The standard InChI is InChI=1S/C17H27NO5/c1-8-11-9-12(14(20)22-16(2,3)4)18(13(19)10-11)15(21)23-17(5,6)7/h8,11-12H,1,9-10H2,2-7H3/t11-,12+/m1/s1. The van der Waals surface area contributed by atoms with Gasteiger partial charge in [0.2, 0.25) is 5.91 Å². The Morgan fingerprint density at radius 2 is 1.65 bits per heavy atom. The number of piperidine rings is 1. The van der Waals surface area contributed by atoms with Crippen molar-refractivity contribution in [2.45, 2.75) is 71.6 Å². The van der Waals surface area contributed by atoms with Gasteiger partial charge in [-0.1, -0.05) is 6.08 Å². The highest BCUT2D eigenvalue weighted by Gasteiger charge is 2.44. The van der Waals surface area contributed by atoms with E-state index in [0.717, 1.165) is 4.90 Å². The van der Waals surface area contributed by atoms with E-state index in [1.165, 1.54) is 0 Å². The largest absolute Gasteiger partial charge is 0.458 e. The Morgan fingerprint density at radius 1 is 1.13 bits per heavy atom. The zero-order valence-electron chi connectivity index (χ0n) is 14.8. The number of carbonyl (C=O) groups is 3. The van der Waals surface area contributed by atoms with E-state index in [0.29, 0.717) is 6.42 Å². The second kappa shape index (κ2) is 6.72. The zero-order valence-corrected chi connectivity index (χ0v) is 14.8. The van der Waals surface area contributed by atoms with Crippen LogP contribution in [-0.4, -0.2) is 40.1 Å². The third kappa shape index (κ3) is 5.69. The molecule has 2 amide bonds. The maximum Gasteiger partial charge on any atom is 0.417 e. The molecule has 1 aliphatic rings. The fourth-order valence-corrected chi connectivity index (χ4v) is 2.26. The number of amides is 2. The number of esters is 1. The van der Waals surface area contributed by atoms with E-state index in [1.807, 2.05) is 0 Å². The van der Waals surface area contributed by atoms with Gasteiger partial charge in [-0.05, 0) is 53.9 Å². The number of rotatable bonds is 2. The molecule has 130 valence electrons. The Morgan fingerprint density at radius 3 is 2.09 bits per heavy atom. The first-order chi connectivity index (χ1) is 10.3. The lowest BCUT2D eigenvalue weighted by atomic mass is 9.90. The number of hydrogen-bond acceptors (Lipinski definition) is 5. The normalized spacial score (nSPS) is 22.5. The van der Waals surface area contributed by atoms with Crippen molar-refractivity contribution in [3.8, 4) is 0 Å². The molecule has 0 saturated carbocycles. The van der Waals surface area contributed by atoms with Crippen LogP contribution in [0.1, 0.15) is 54.4 Å². The smallest absolute Gasteiger partial charge is 0.417 e. The number of imide groups is 1. The van der Waals surface area contributed by atoms with E-state index in [1.54, 1.807) is 47.6 Å². The molecule has 1 heterocycles. The molecule has 0 radical (unpaired) electrons. The molecule has 1 fully saturated rings. The van der Waals surface area contributed by atoms with Gasteiger partial charge in [-0.3, -0.25) is 4.79 Å². The minimum atomic E-state index is -0.992. The average Bonchev–Trinajstić information content (AvgIpc) is 2.33. The van der Waals surface area contributed by atoms with Crippen molar-refractivity contribution in [3.05, 3.63) is 12.7 Å². The highest BCUT2D eigenvalue weighted by atomic mass is 16.6. The minimum Gasteiger partial charge on any atom is -0.458 e. The zero-order chi connectivity index (χ0) is 18.0. The van der Waals surface area contributed by atoms with Crippen molar-refractivity contribution in [1.29, 1.82) is 0 Å². The molecule has 0 spiro atoms. The highest BCUT2D eigenvalue weighted by molar-refractivity contribution is 5.98. The first-order valence-corrected chi connectivity index (χ1v) is 7.74. The number of hydrogen-bond donors (Lipinski definition) is 0. The Bertz CT molecular complexity index is 498. The summed E-state index contributed by atoms with van der Waals surface area (Å²) in [5.74, 6) is -1.23. The summed E-state index contributed by atoms with van der Waals surface area (Å²) in [6, 6.07) is -0.992. The van der Waals surface area contributed by atoms with E-state index < -0.39 is 35.2 Å². The lowest BCUT2D eigenvalue weighted by Crippen LogP contribution is -2.55.